The van der Waals surface area contributed by atoms with Crippen LogP contribution in [0.4, 0.5) is 61.5 Å². The quantitative estimate of drug-likeness (QED) is 0.301. The molecule has 0 aliphatic rings. The molecule has 0 aliphatic carbocycles. The lowest BCUT2D eigenvalue weighted by Gasteiger charge is -2.37. The molecule has 0 bridgehead atoms. The van der Waals surface area contributed by atoms with Crippen molar-refractivity contribution in [1.82, 2.24) is 0 Å². The molecular formula is C12H10F14O2. The summed E-state index contributed by atoms with van der Waals surface area (Å²) in [6.07, 6.45) is -15.0. The molecule has 0 aromatic carbocycles. The molecule has 0 saturated carbocycles. The molecule has 0 unspecified atom stereocenters. The zero-order chi connectivity index (χ0) is 23.6. The van der Waals surface area contributed by atoms with Crippen LogP contribution in [-0.2, 0) is 9.53 Å². The van der Waals surface area contributed by atoms with E-state index >= 15 is 0 Å². The van der Waals surface area contributed by atoms with Crippen molar-refractivity contribution < 1.29 is 71.0 Å². The summed E-state index contributed by atoms with van der Waals surface area (Å²) in [5.41, 5.74) is 0.451. The Bertz CT molecular complexity index is 522. The van der Waals surface area contributed by atoms with Crippen molar-refractivity contribution in [3.63, 3.8) is 0 Å². The Morgan fingerprint density at radius 1 is 0.679 bits per heavy atom. The minimum absolute atomic E-state index is 0.312. The average Bonchev–Trinajstić information content (AvgIpc) is 2.45. The van der Waals surface area contributed by atoms with Crippen molar-refractivity contribution in [2.45, 2.75) is 49.9 Å². The van der Waals surface area contributed by atoms with E-state index in [9.17, 15) is 66.3 Å². The van der Waals surface area contributed by atoms with Gasteiger partial charge in [-0.25, -0.2) is 4.79 Å². The monoisotopic (exact) mass is 452 g/mol. The van der Waals surface area contributed by atoms with E-state index in [2.05, 4.69) is 11.3 Å². The number of ether oxygens (including phenoxy) is 1. The molecule has 168 valence electrons. The highest BCUT2D eigenvalue weighted by atomic mass is 19.4. The third-order valence-electron chi connectivity index (χ3n) is 2.52. The first kappa shape index (κ1) is 28.4. The van der Waals surface area contributed by atoms with Crippen molar-refractivity contribution in [2.75, 3.05) is 6.61 Å². The number of carbonyl (C=O) groups is 1. The van der Waals surface area contributed by atoms with E-state index in [1.807, 2.05) is 0 Å². The number of carbonyl (C=O) groups excluding carboxylic acids is 1. The molecule has 0 heterocycles. The first-order chi connectivity index (χ1) is 11.9. The second-order valence-corrected chi connectivity index (χ2v) is 4.79. The largest absolute Gasteiger partial charge is 0.463 e. The Balaban J connectivity index is 0. The summed E-state index contributed by atoms with van der Waals surface area (Å²) in [5.74, 6) is -32.0. The fourth-order valence-corrected chi connectivity index (χ4v) is 1.00. The molecule has 0 aromatic rings. The van der Waals surface area contributed by atoms with E-state index < -0.39 is 36.0 Å². The van der Waals surface area contributed by atoms with Crippen LogP contribution in [0.25, 0.3) is 0 Å². The van der Waals surface area contributed by atoms with E-state index in [1.54, 1.807) is 13.8 Å². The summed E-state index contributed by atoms with van der Waals surface area (Å²) in [6.45, 7) is 7.21. The standard InChI is InChI=1S/C6F14.C6H10O2/c7-1(8,3(11,12)5(15,16)17)2(9,10)4(13,14)6(18,19)20;1-4-8-6(7)5(2)3/h;2,4H2,1,3H3. The van der Waals surface area contributed by atoms with Crippen LogP contribution in [0.15, 0.2) is 12.2 Å². The Morgan fingerprint density at radius 3 is 1.04 bits per heavy atom. The number of esters is 1. The van der Waals surface area contributed by atoms with Gasteiger partial charge in [-0.3, -0.25) is 0 Å². The van der Waals surface area contributed by atoms with Gasteiger partial charge < -0.3 is 4.74 Å². The average molecular weight is 452 g/mol. The molecule has 0 aliphatic heterocycles. The zero-order valence-corrected chi connectivity index (χ0v) is 13.5. The van der Waals surface area contributed by atoms with Crippen molar-refractivity contribution in [2.24, 2.45) is 0 Å². The Labute approximate surface area is 147 Å². The van der Waals surface area contributed by atoms with Gasteiger partial charge in [0.2, 0.25) is 0 Å². The fraction of sp³-hybridized carbons (Fsp3) is 0.750. The molecule has 0 aromatic heterocycles. The lowest BCUT2D eigenvalue weighted by atomic mass is 9.98. The number of hydrogen-bond donors (Lipinski definition) is 0. The van der Waals surface area contributed by atoms with Gasteiger partial charge in [0.15, 0.2) is 0 Å². The molecule has 0 radical (unpaired) electrons. The van der Waals surface area contributed by atoms with E-state index in [0.717, 1.165) is 0 Å². The Hall–Kier alpha value is -1.77. The van der Waals surface area contributed by atoms with Gasteiger partial charge in [0, 0.05) is 5.57 Å². The maximum absolute atomic E-state index is 12.3. The predicted octanol–water partition coefficient (Wildman–Crippen LogP) is 5.78. The summed E-state index contributed by atoms with van der Waals surface area (Å²) in [6, 6.07) is 0. The van der Waals surface area contributed by atoms with Crippen molar-refractivity contribution >= 4 is 5.97 Å². The maximum Gasteiger partial charge on any atom is 0.460 e. The van der Waals surface area contributed by atoms with Gasteiger partial charge in [0.25, 0.3) is 0 Å². The molecule has 16 heteroatoms. The Morgan fingerprint density at radius 2 is 0.929 bits per heavy atom. The topological polar surface area (TPSA) is 26.3 Å². The van der Waals surface area contributed by atoms with Gasteiger partial charge in [-0.05, 0) is 13.8 Å². The smallest absolute Gasteiger partial charge is 0.460 e. The number of rotatable bonds is 5. The first-order valence-corrected chi connectivity index (χ1v) is 6.40. The zero-order valence-electron chi connectivity index (χ0n) is 13.5. The number of halogens is 14. The number of alkyl halides is 14. The number of hydrogen-bond acceptors (Lipinski definition) is 2. The van der Waals surface area contributed by atoms with Crippen LogP contribution in [0.5, 0.6) is 0 Å². The molecule has 2 nitrogen and oxygen atoms in total. The molecule has 0 saturated heterocycles. The van der Waals surface area contributed by atoms with Crippen LogP contribution in [0.1, 0.15) is 13.8 Å². The summed E-state index contributed by atoms with van der Waals surface area (Å²) in [5, 5.41) is 0. The van der Waals surface area contributed by atoms with Gasteiger partial charge >= 0.3 is 42.0 Å². The lowest BCUT2D eigenvalue weighted by Crippen LogP contribution is -2.69. The van der Waals surface area contributed by atoms with E-state index in [-0.39, 0.29) is 5.97 Å². The third-order valence-corrected chi connectivity index (χ3v) is 2.52. The van der Waals surface area contributed by atoms with Crippen LogP contribution >= 0.6 is 0 Å². The van der Waals surface area contributed by atoms with Crippen LogP contribution < -0.4 is 0 Å². The molecule has 0 spiro atoms. The highest BCUT2D eigenvalue weighted by Gasteiger charge is 2.91. The van der Waals surface area contributed by atoms with Crippen LogP contribution in [-0.4, -0.2) is 48.6 Å². The van der Waals surface area contributed by atoms with Gasteiger partial charge in [-0.15, -0.1) is 0 Å². The molecule has 28 heavy (non-hydrogen) atoms. The summed E-state index contributed by atoms with van der Waals surface area (Å²) < 4.78 is 171. The highest BCUT2D eigenvalue weighted by Crippen LogP contribution is 2.60. The van der Waals surface area contributed by atoms with Crippen LogP contribution in [0.3, 0.4) is 0 Å². The fourth-order valence-electron chi connectivity index (χ4n) is 1.00. The summed E-state index contributed by atoms with van der Waals surface area (Å²) >= 11 is 0. The van der Waals surface area contributed by atoms with Gasteiger partial charge in [0.1, 0.15) is 0 Å². The summed E-state index contributed by atoms with van der Waals surface area (Å²) in [4.78, 5) is 10.4. The lowest BCUT2D eigenvalue weighted by molar-refractivity contribution is -0.451. The second kappa shape index (κ2) is 8.31. The van der Waals surface area contributed by atoms with Gasteiger partial charge in [0.05, 0.1) is 6.61 Å². The van der Waals surface area contributed by atoms with E-state index in [4.69, 9.17) is 0 Å². The normalized spacial score (nSPS) is 14.1. The maximum atomic E-state index is 12.3. The molecule has 0 N–H and O–H groups in total. The minimum atomic E-state index is -8.04. The molecular weight excluding hydrogens is 442 g/mol. The second-order valence-electron chi connectivity index (χ2n) is 4.79. The SMILES string of the molecule is C=C(C)C(=O)OCC.FC(F)(F)C(F)(F)C(F)(F)C(F)(F)C(F)(F)C(F)(F)F. The predicted molar refractivity (Wildman–Crippen MR) is 63.3 cm³/mol. The first-order valence-electron chi connectivity index (χ1n) is 6.40. The van der Waals surface area contributed by atoms with Crippen molar-refractivity contribution in [3.05, 3.63) is 12.2 Å². The van der Waals surface area contributed by atoms with Gasteiger partial charge in [-0.1, -0.05) is 6.58 Å². The summed E-state index contributed by atoms with van der Waals surface area (Å²) in [7, 11) is 0. The Kier molecular flexibility index (Phi) is 8.44. The van der Waals surface area contributed by atoms with Crippen molar-refractivity contribution in [3.8, 4) is 0 Å². The van der Waals surface area contributed by atoms with E-state index in [0.29, 0.717) is 12.2 Å². The molecule has 0 fully saturated rings. The van der Waals surface area contributed by atoms with Crippen LogP contribution in [0, 0.1) is 0 Å². The molecule has 0 atom stereocenters. The van der Waals surface area contributed by atoms with E-state index in [1.165, 1.54) is 0 Å². The highest BCUT2D eigenvalue weighted by molar-refractivity contribution is 5.86. The molecule has 0 amide bonds. The van der Waals surface area contributed by atoms with Crippen molar-refractivity contribution in [1.29, 1.82) is 0 Å². The third kappa shape index (κ3) is 5.18. The minimum Gasteiger partial charge on any atom is -0.463 e. The molecule has 0 rings (SSSR count). The van der Waals surface area contributed by atoms with Crippen LogP contribution in [0.2, 0.25) is 0 Å². The van der Waals surface area contributed by atoms with Gasteiger partial charge in [-0.2, -0.15) is 61.5 Å².